The lowest BCUT2D eigenvalue weighted by molar-refractivity contribution is -0.386. The van der Waals surface area contributed by atoms with Crippen LogP contribution in [0.3, 0.4) is 0 Å². The molecule has 0 spiro atoms. The Kier molecular flexibility index (Phi) is 7.94. The number of morpholine rings is 1. The van der Waals surface area contributed by atoms with Gasteiger partial charge in [-0.05, 0) is 53.4 Å². The maximum atomic E-state index is 11.7. The zero-order valence-electron chi connectivity index (χ0n) is 19.5. The normalized spacial score (nSPS) is 22.0. The number of ether oxygens (including phenoxy) is 3. The van der Waals surface area contributed by atoms with Crippen LogP contribution in [0, 0.1) is 17.0 Å². The van der Waals surface area contributed by atoms with Crippen molar-refractivity contribution in [2.24, 2.45) is 0 Å². The largest absolute Gasteiger partial charge is 0.472 e. The molecule has 0 aromatic carbocycles. The highest BCUT2D eigenvalue weighted by Crippen LogP contribution is 2.38. The number of aromatic nitrogens is 2. The number of hydrogen-bond acceptors (Lipinski definition) is 8. The van der Waals surface area contributed by atoms with Crippen molar-refractivity contribution in [1.29, 1.82) is 0 Å². The van der Waals surface area contributed by atoms with E-state index in [-0.39, 0.29) is 24.2 Å². The highest BCUT2D eigenvalue weighted by Gasteiger charge is 2.35. The Hall–Kier alpha value is -2.40. The smallest absolute Gasteiger partial charge is 0.407 e. The Morgan fingerprint density at radius 2 is 1.97 bits per heavy atom. The first-order valence-electron chi connectivity index (χ1n) is 11.3. The molecule has 2 fully saturated rings. The Labute approximate surface area is 188 Å². The quantitative estimate of drug-likeness (QED) is 0.362. The summed E-state index contributed by atoms with van der Waals surface area (Å²) in [6, 6.07) is 0.572. The summed E-state index contributed by atoms with van der Waals surface area (Å²) < 4.78 is 18.0. The van der Waals surface area contributed by atoms with Gasteiger partial charge in [0.2, 0.25) is 0 Å². The van der Waals surface area contributed by atoms with E-state index < -0.39 is 16.6 Å². The van der Waals surface area contributed by atoms with Gasteiger partial charge in [-0.25, -0.2) is 4.79 Å². The van der Waals surface area contributed by atoms with Crippen LogP contribution in [0.1, 0.15) is 58.2 Å². The molecule has 2 atom stereocenters. The third-order valence-electron chi connectivity index (χ3n) is 5.78. The lowest BCUT2D eigenvalue weighted by atomic mass is 10.2. The zero-order valence-corrected chi connectivity index (χ0v) is 19.5. The molecule has 1 aromatic heterocycles. The van der Waals surface area contributed by atoms with Crippen LogP contribution in [-0.2, 0) is 9.47 Å². The van der Waals surface area contributed by atoms with Gasteiger partial charge in [-0.1, -0.05) is 0 Å². The molecular formula is C21H35N5O6. The van der Waals surface area contributed by atoms with Crippen LogP contribution in [0.4, 0.5) is 10.5 Å². The number of hydrogen-bond donors (Lipinski definition) is 1. The van der Waals surface area contributed by atoms with Gasteiger partial charge in [0.15, 0.2) is 0 Å². The Morgan fingerprint density at radius 3 is 2.62 bits per heavy atom. The van der Waals surface area contributed by atoms with Crippen LogP contribution in [0.5, 0.6) is 5.88 Å². The highest BCUT2D eigenvalue weighted by molar-refractivity contribution is 5.67. The molecular weight excluding hydrogens is 418 g/mol. The van der Waals surface area contributed by atoms with Crippen LogP contribution in [0.2, 0.25) is 0 Å². The van der Waals surface area contributed by atoms with Crippen molar-refractivity contribution in [3.05, 3.63) is 15.8 Å². The van der Waals surface area contributed by atoms with E-state index >= 15 is 0 Å². The number of nitro groups is 1. The summed E-state index contributed by atoms with van der Waals surface area (Å²) >= 11 is 0. The van der Waals surface area contributed by atoms with Crippen LogP contribution in [-0.4, -0.2) is 76.8 Å². The summed E-state index contributed by atoms with van der Waals surface area (Å²) in [6.07, 6.45) is 2.87. The minimum atomic E-state index is -0.563. The Bertz CT molecular complexity index is 799. The molecule has 2 heterocycles. The van der Waals surface area contributed by atoms with Crippen LogP contribution in [0.25, 0.3) is 0 Å². The van der Waals surface area contributed by atoms with Crippen molar-refractivity contribution in [2.75, 3.05) is 39.5 Å². The van der Waals surface area contributed by atoms with Gasteiger partial charge in [0.05, 0.1) is 30.8 Å². The minimum absolute atomic E-state index is 0.0413. The second-order valence-corrected chi connectivity index (χ2v) is 9.34. The number of alkyl carbamates (subject to hydrolysis) is 1. The fourth-order valence-electron chi connectivity index (χ4n) is 4.32. The number of amides is 1. The molecule has 1 aromatic rings. The third kappa shape index (κ3) is 6.32. The monoisotopic (exact) mass is 453 g/mol. The fourth-order valence-corrected chi connectivity index (χ4v) is 4.32. The van der Waals surface area contributed by atoms with Crippen molar-refractivity contribution in [2.45, 2.75) is 71.1 Å². The standard InChI is InChI=1S/C21H35N5O6/c1-15-18(26(28)29)19(31-11-5-8-22-20(27)32-21(2,3)4)23-25(15)17-7-6-16(14-17)24-9-12-30-13-10-24/h16-17H,5-14H2,1-4H3,(H,22,27). The van der Waals surface area contributed by atoms with E-state index in [9.17, 15) is 14.9 Å². The molecule has 1 N–H and O–H groups in total. The first-order valence-corrected chi connectivity index (χ1v) is 11.3. The van der Waals surface area contributed by atoms with Gasteiger partial charge in [0.25, 0.3) is 0 Å². The number of carbonyl (C=O) groups excluding carboxylic acids is 1. The summed E-state index contributed by atoms with van der Waals surface area (Å²) in [5.41, 5.74) is -0.128. The average molecular weight is 454 g/mol. The van der Waals surface area contributed by atoms with E-state index in [1.165, 1.54) is 0 Å². The minimum Gasteiger partial charge on any atom is -0.472 e. The summed E-state index contributed by atoms with van der Waals surface area (Å²) in [4.78, 5) is 25.4. The molecule has 0 bridgehead atoms. The highest BCUT2D eigenvalue weighted by atomic mass is 16.6. The van der Waals surface area contributed by atoms with E-state index in [0.29, 0.717) is 24.7 Å². The van der Waals surface area contributed by atoms with E-state index in [4.69, 9.17) is 14.2 Å². The molecule has 1 saturated carbocycles. The van der Waals surface area contributed by atoms with E-state index in [0.717, 1.165) is 45.6 Å². The van der Waals surface area contributed by atoms with Crippen molar-refractivity contribution < 1.29 is 23.9 Å². The first-order chi connectivity index (χ1) is 15.2. The maximum Gasteiger partial charge on any atom is 0.407 e. The topological polar surface area (TPSA) is 121 Å². The number of rotatable bonds is 8. The van der Waals surface area contributed by atoms with Crippen LogP contribution >= 0.6 is 0 Å². The first kappa shape index (κ1) is 24.2. The van der Waals surface area contributed by atoms with Gasteiger partial charge in [0.1, 0.15) is 11.3 Å². The second kappa shape index (κ2) is 10.5. The number of nitrogens with one attached hydrogen (secondary N) is 1. The third-order valence-corrected chi connectivity index (χ3v) is 5.78. The van der Waals surface area contributed by atoms with Gasteiger partial charge in [-0.15, -0.1) is 5.10 Å². The second-order valence-electron chi connectivity index (χ2n) is 9.34. The van der Waals surface area contributed by atoms with Crippen molar-refractivity contribution in [1.82, 2.24) is 20.0 Å². The molecule has 3 rings (SSSR count). The van der Waals surface area contributed by atoms with E-state index in [1.54, 1.807) is 32.4 Å². The zero-order chi connectivity index (χ0) is 23.3. The SMILES string of the molecule is Cc1c([N+](=O)[O-])c(OCCCNC(=O)OC(C)(C)C)nn1C1CCC(N2CCOCC2)C1. The predicted molar refractivity (Wildman–Crippen MR) is 117 cm³/mol. The molecule has 11 heteroatoms. The molecule has 1 saturated heterocycles. The maximum absolute atomic E-state index is 11.7. The van der Waals surface area contributed by atoms with E-state index in [1.807, 2.05) is 0 Å². The van der Waals surface area contributed by atoms with Crippen molar-refractivity contribution >= 4 is 11.8 Å². The van der Waals surface area contributed by atoms with Crippen molar-refractivity contribution in [3.8, 4) is 5.88 Å². The average Bonchev–Trinajstić information content (AvgIpc) is 3.31. The molecule has 11 nitrogen and oxygen atoms in total. The molecule has 1 aliphatic heterocycles. The van der Waals surface area contributed by atoms with Gasteiger partial charge in [-0.2, -0.15) is 0 Å². The van der Waals surface area contributed by atoms with Gasteiger partial charge in [-0.3, -0.25) is 19.7 Å². The number of nitrogens with zero attached hydrogens (tertiary/aromatic N) is 4. The van der Waals surface area contributed by atoms with Gasteiger partial charge in [0, 0.05) is 25.7 Å². The van der Waals surface area contributed by atoms with Crippen LogP contribution < -0.4 is 10.1 Å². The lowest BCUT2D eigenvalue weighted by Crippen LogP contribution is -2.42. The van der Waals surface area contributed by atoms with Gasteiger partial charge >= 0.3 is 17.7 Å². The fraction of sp³-hybridized carbons (Fsp3) is 0.810. The summed E-state index contributed by atoms with van der Waals surface area (Å²) in [5, 5.41) is 18.8. The molecule has 32 heavy (non-hydrogen) atoms. The van der Waals surface area contributed by atoms with Crippen molar-refractivity contribution in [3.63, 3.8) is 0 Å². The molecule has 0 radical (unpaired) electrons. The molecule has 1 amide bonds. The Balaban J connectivity index is 1.55. The predicted octanol–water partition coefficient (Wildman–Crippen LogP) is 2.82. The molecule has 180 valence electrons. The summed E-state index contributed by atoms with van der Waals surface area (Å²) in [6.45, 7) is 11.0. The summed E-state index contributed by atoms with van der Waals surface area (Å²) in [7, 11) is 0. The Morgan fingerprint density at radius 1 is 1.28 bits per heavy atom. The number of carbonyl (C=O) groups is 1. The van der Waals surface area contributed by atoms with Crippen LogP contribution in [0.15, 0.2) is 0 Å². The van der Waals surface area contributed by atoms with Gasteiger partial charge < -0.3 is 19.5 Å². The van der Waals surface area contributed by atoms with E-state index in [2.05, 4.69) is 15.3 Å². The molecule has 2 unspecified atom stereocenters. The summed E-state index contributed by atoms with van der Waals surface area (Å²) in [5.74, 6) is 0.0413. The molecule has 1 aliphatic carbocycles. The molecule has 2 aliphatic rings. The lowest BCUT2D eigenvalue weighted by Gasteiger charge is -2.32.